The summed E-state index contributed by atoms with van der Waals surface area (Å²) in [7, 11) is 0. The second-order valence-corrected chi connectivity index (χ2v) is 12.9. The minimum absolute atomic E-state index is 0.0288. The number of nitrogens with zero attached hydrogens (tertiary/aromatic N) is 3. The van der Waals surface area contributed by atoms with Gasteiger partial charge >= 0.3 is 6.03 Å². The molecule has 5 rings (SSSR count). The van der Waals surface area contributed by atoms with Crippen LogP contribution in [0.4, 0.5) is 22.0 Å². The number of carbonyl (C=O) groups is 3. The predicted octanol–water partition coefficient (Wildman–Crippen LogP) is 7.18. The van der Waals surface area contributed by atoms with Gasteiger partial charge in [-0.1, -0.05) is 62.7 Å². The average molecular weight is 607 g/mol. The summed E-state index contributed by atoms with van der Waals surface area (Å²) in [5.74, 6) is 0.775. The number of likely N-dealkylation sites (tertiary alicyclic amines) is 1. The molecule has 0 unspecified atom stereocenters. The van der Waals surface area contributed by atoms with Gasteiger partial charge in [0.15, 0.2) is 0 Å². The maximum atomic E-state index is 13.3. The molecule has 1 aromatic heterocycles. The Labute approximate surface area is 265 Å². The molecule has 0 spiro atoms. The molecule has 4 aromatic rings. The number of rotatable bonds is 7. The Kier molecular flexibility index (Phi) is 9.37. The topological polar surface area (TPSA) is 108 Å². The SMILES string of the molecule is CC(=O)Nc1cccc(C(=O)N2CCC(Cc3ccccc3NC(=O)Nc3cc(C(C)(C)C)nn3-c3ccc(C)cc3)CC2)c1. The molecule has 1 saturated heterocycles. The number of aryl methyl sites for hydroxylation is 1. The lowest BCUT2D eigenvalue weighted by molar-refractivity contribution is -0.114. The molecule has 0 saturated carbocycles. The minimum Gasteiger partial charge on any atom is -0.339 e. The van der Waals surface area contributed by atoms with Crippen LogP contribution in [0.1, 0.15) is 67.7 Å². The summed E-state index contributed by atoms with van der Waals surface area (Å²) in [5, 5.41) is 13.7. The molecule has 234 valence electrons. The van der Waals surface area contributed by atoms with E-state index in [1.54, 1.807) is 28.9 Å². The number of urea groups is 1. The molecular weight excluding hydrogens is 564 g/mol. The Morgan fingerprint density at radius 3 is 2.27 bits per heavy atom. The number of hydrogen-bond donors (Lipinski definition) is 3. The maximum Gasteiger partial charge on any atom is 0.324 e. The van der Waals surface area contributed by atoms with Crippen molar-refractivity contribution in [3.63, 3.8) is 0 Å². The normalized spacial score (nSPS) is 13.8. The lowest BCUT2D eigenvalue weighted by Crippen LogP contribution is -2.39. The Hall–Kier alpha value is -4.92. The number of aromatic nitrogens is 2. The van der Waals surface area contributed by atoms with Crippen LogP contribution < -0.4 is 16.0 Å². The Morgan fingerprint density at radius 1 is 0.867 bits per heavy atom. The molecule has 0 atom stereocenters. The van der Waals surface area contributed by atoms with E-state index in [0.717, 1.165) is 47.5 Å². The van der Waals surface area contributed by atoms with E-state index >= 15 is 0 Å². The molecule has 0 radical (unpaired) electrons. The first-order valence-electron chi connectivity index (χ1n) is 15.5. The molecule has 9 nitrogen and oxygen atoms in total. The van der Waals surface area contributed by atoms with Crippen LogP contribution in [-0.2, 0) is 16.6 Å². The van der Waals surface area contributed by atoms with E-state index < -0.39 is 0 Å². The van der Waals surface area contributed by atoms with Crippen LogP contribution in [0, 0.1) is 12.8 Å². The van der Waals surface area contributed by atoms with E-state index in [0.29, 0.717) is 36.1 Å². The number of benzene rings is 3. The van der Waals surface area contributed by atoms with E-state index in [1.807, 2.05) is 60.4 Å². The second-order valence-electron chi connectivity index (χ2n) is 12.9. The molecule has 3 N–H and O–H groups in total. The zero-order valence-corrected chi connectivity index (χ0v) is 26.7. The number of para-hydroxylation sites is 1. The van der Waals surface area contributed by atoms with Crippen molar-refractivity contribution in [2.24, 2.45) is 5.92 Å². The van der Waals surface area contributed by atoms with Gasteiger partial charge in [-0.25, -0.2) is 9.48 Å². The van der Waals surface area contributed by atoms with Gasteiger partial charge in [0.05, 0.1) is 11.4 Å². The van der Waals surface area contributed by atoms with Gasteiger partial charge in [-0.2, -0.15) is 5.10 Å². The summed E-state index contributed by atoms with van der Waals surface area (Å²) in [4.78, 5) is 39.8. The highest BCUT2D eigenvalue weighted by molar-refractivity contribution is 6.00. The average Bonchev–Trinajstić information content (AvgIpc) is 3.42. The largest absolute Gasteiger partial charge is 0.339 e. The predicted molar refractivity (Wildman–Crippen MR) is 179 cm³/mol. The molecule has 1 aliphatic heterocycles. The number of nitrogens with one attached hydrogen (secondary N) is 3. The highest BCUT2D eigenvalue weighted by atomic mass is 16.2. The van der Waals surface area contributed by atoms with Crippen LogP contribution in [0.2, 0.25) is 0 Å². The van der Waals surface area contributed by atoms with Crippen molar-refractivity contribution >= 4 is 35.0 Å². The van der Waals surface area contributed by atoms with Crippen molar-refractivity contribution < 1.29 is 14.4 Å². The van der Waals surface area contributed by atoms with E-state index in [2.05, 4.69) is 42.8 Å². The van der Waals surface area contributed by atoms with Crippen LogP contribution in [0.15, 0.2) is 78.9 Å². The zero-order valence-electron chi connectivity index (χ0n) is 26.7. The highest BCUT2D eigenvalue weighted by Crippen LogP contribution is 2.29. The molecule has 45 heavy (non-hydrogen) atoms. The summed E-state index contributed by atoms with van der Waals surface area (Å²) >= 11 is 0. The molecule has 2 heterocycles. The summed E-state index contributed by atoms with van der Waals surface area (Å²) in [6.07, 6.45) is 2.53. The monoisotopic (exact) mass is 606 g/mol. The van der Waals surface area contributed by atoms with Gasteiger partial charge in [-0.3, -0.25) is 14.9 Å². The van der Waals surface area contributed by atoms with Crippen molar-refractivity contribution in [1.82, 2.24) is 14.7 Å². The molecule has 3 aromatic carbocycles. The van der Waals surface area contributed by atoms with Crippen LogP contribution in [0.25, 0.3) is 5.69 Å². The number of hydrogen-bond acceptors (Lipinski definition) is 4. The third-order valence-corrected chi connectivity index (χ3v) is 8.10. The summed E-state index contributed by atoms with van der Waals surface area (Å²) in [6, 6.07) is 24.6. The minimum atomic E-state index is -0.335. The van der Waals surface area contributed by atoms with Crippen LogP contribution in [0.3, 0.4) is 0 Å². The van der Waals surface area contributed by atoms with Crippen molar-refractivity contribution in [1.29, 1.82) is 0 Å². The zero-order chi connectivity index (χ0) is 32.1. The van der Waals surface area contributed by atoms with Gasteiger partial charge in [0.2, 0.25) is 5.91 Å². The standard InChI is InChI=1S/C36H42N6O3/c1-24-13-15-30(16-14-24)42-33(23-32(40-42)36(3,4)5)39-35(45)38-31-12-7-6-9-27(31)21-26-17-19-41(20-18-26)34(44)28-10-8-11-29(22-28)37-25(2)43/h6-16,22-23,26H,17-21H2,1-5H3,(H,37,43)(H2,38,39,45). The summed E-state index contributed by atoms with van der Waals surface area (Å²) in [6.45, 7) is 11.1. The van der Waals surface area contributed by atoms with E-state index in [4.69, 9.17) is 5.10 Å². The lowest BCUT2D eigenvalue weighted by atomic mass is 9.89. The van der Waals surface area contributed by atoms with E-state index in [1.165, 1.54) is 6.92 Å². The Balaban J connectivity index is 1.22. The first-order chi connectivity index (χ1) is 21.5. The molecule has 0 aliphatic carbocycles. The third kappa shape index (κ3) is 7.98. The quantitative estimate of drug-likeness (QED) is 0.207. The number of anilines is 3. The molecule has 9 heteroatoms. The fourth-order valence-corrected chi connectivity index (χ4v) is 5.58. The van der Waals surface area contributed by atoms with Crippen molar-refractivity contribution in [2.45, 2.75) is 59.3 Å². The fourth-order valence-electron chi connectivity index (χ4n) is 5.58. The Morgan fingerprint density at radius 2 is 1.58 bits per heavy atom. The van der Waals surface area contributed by atoms with Gasteiger partial charge in [-0.05, 0) is 74.1 Å². The van der Waals surface area contributed by atoms with Crippen LogP contribution in [-0.4, -0.2) is 45.6 Å². The van der Waals surface area contributed by atoms with Gasteiger partial charge in [0.25, 0.3) is 5.91 Å². The number of carbonyl (C=O) groups excluding carboxylic acids is 3. The van der Waals surface area contributed by atoms with Gasteiger partial charge in [-0.15, -0.1) is 0 Å². The second kappa shape index (κ2) is 13.4. The molecular formula is C36H42N6O3. The molecule has 0 bridgehead atoms. The number of piperidine rings is 1. The van der Waals surface area contributed by atoms with Gasteiger partial charge < -0.3 is 15.5 Å². The van der Waals surface area contributed by atoms with Crippen molar-refractivity contribution in [3.8, 4) is 5.69 Å². The fraction of sp³-hybridized carbons (Fsp3) is 0.333. The summed E-state index contributed by atoms with van der Waals surface area (Å²) in [5.41, 5.74) is 5.72. The first-order valence-corrected chi connectivity index (χ1v) is 15.5. The van der Waals surface area contributed by atoms with E-state index in [-0.39, 0.29) is 23.3 Å². The third-order valence-electron chi connectivity index (χ3n) is 8.10. The molecule has 1 fully saturated rings. The van der Waals surface area contributed by atoms with E-state index in [9.17, 15) is 14.4 Å². The van der Waals surface area contributed by atoms with Gasteiger partial charge in [0, 0.05) is 48.4 Å². The summed E-state index contributed by atoms with van der Waals surface area (Å²) < 4.78 is 1.77. The number of amides is 4. The molecule has 1 aliphatic rings. The Bertz CT molecular complexity index is 1680. The van der Waals surface area contributed by atoms with Crippen molar-refractivity contribution in [2.75, 3.05) is 29.0 Å². The lowest BCUT2D eigenvalue weighted by Gasteiger charge is -2.32. The first kappa shape index (κ1) is 31.5. The van der Waals surface area contributed by atoms with Gasteiger partial charge in [0.1, 0.15) is 5.82 Å². The highest BCUT2D eigenvalue weighted by Gasteiger charge is 2.25. The van der Waals surface area contributed by atoms with Crippen LogP contribution >= 0.6 is 0 Å². The van der Waals surface area contributed by atoms with Crippen molar-refractivity contribution in [3.05, 3.63) is 101 Å². The molecule has 4 amide bonds. The smallest absolute Gasteiger partial charge is 0.324 e. The maximum absolute atomic E-state index is 13.3. The van der Waals surface area contributed by atoms with Crippen LogP contribution in [0.5, 0.6) is 0 Å².